The lowest BCUT2D eigenvalue weighted by atomic mass is 10.0. The molecule has 2 unspecified atom stereocenters. The number of ether oxygens (including phenoxy) is 1. The van der Waals surface area contributed by atoms with Crippen molar-refractivity contribution < 1.29 is 24.5 Å². The second-order valence-corrected chi connectivity index (χ2v) is 19.6. The summed E-state index contributed by atoms with van der Waals surface area (Å²) < 4.78 is 5.45. The third kappa shape index (κ3) is 49.9. The highest BCUT2D eigenvalue weighted by molar-refractivity contribution is 5.76. The zero-order valence-corrected chi connectivity index (χ0v) is 42.6. The van der Waals surface area contributed by atoms with E-state index in [2.05, 4.69) is 31.3 Å². The molecule has 0 aromatic heterocycles. The highest BCUT2D eigenvalue weighted by Gasteiger charge is 2.20. The number of esters is 1. The number of allylic oxidation sites excluding steroid dienone is 2. The molecular weight excluding hydrogens is 779 g/mol. The number of amides is 1. The Kier molecular flexibility index (Phi) is 52.0. The molecule has 0 spiro atoms. The summed E-state index contributed by atoms with van der Waals surface area (Å²) in [5.74, 6) is -0.0736. The molecule has 0 aliphatic carbocycles. The smallest absolute Gasteiger partial charge is 0.305 e. The highest BCUT2D eigenvalue weighted by Crippen LogP contribution is 2.17. The first-order chi connectivity index (χ1) is 31.0. The summed E-state index contributed by atoms with van der Waals surface area (Å²) in [7, 11) is 0. The Morgan fingerprint density at radius 3 is 1.16 bits per heavy atom. The summed E-state index contributed by atoms with van der Waals surface area (Å²) in [5.41, 5.74) is 0. The average molecular weight is 891 g/mol. The molecule has 374 valence electrons. The van der Waals surface area contributed by atoms with Crippen molar-refractivity contribution in [2.45, 2.75) is 328 Å². The van der Waals surface area contributed by atoms with Gasteiger partial charge >= 0.3 is 5.97 Å². The van der Waals surface area contributed by atoms with Gasteiger partial charge < -0.3 is 20.3 Å². The van der Waals surface area contributed by atoms with Gasteiger partial charge in [-0.3, -0.25) is 9.59 Å². The molecule has 6 nitrogen and oxygen atoms in total. The zero-order chi connectivity index (χ0) is 45.8. The summed E-state index contributed by atoms with van der Waals surface area (Å²) in [6.07, 6.45) is 62.0. The average Bonchev–Trinajstić information content (AvgIpc) is 3.28. The van der Waals surface area contributed by atoms with Crippen LogP contribution in [0.15, 0.2) is 12.2 Å². The minimum absolute atomic E-state index is 0.0226. The van der Waals surface area contributed by atoms with Gasteiger partial charge in [-0.2, -0.15) is 0 Å². The van der Waals surface area contributed by atoms with Crippen molar-refractivity contribution in [1.29, 1.82) is 0 Å². The molecule has 0 bridgehead atoms. The van der Waals surface area contributed by atoms with Crippen LogP contribution in [0, 0.1) is 0 Å². The third-order valence-corrected chi connectivity index (χ3v) is 13.3. The largest absolute Gasteiger partial charge is 0.466 e. The third-order valence-electron chi connectivity index (χ3n) is 13.3. The van der Waals surface area contributed by atoms with Gasteiger partial charge in [0.15, 0.2) is 0 Å². The molecular formula is C57H111NO5. The van der Waals surface area contributed by atoms with Crippen molar-refractivity contribution in [1.82, 2.24) is 5.32 Å². The van der Waals surface area contributed by atoms with Crippen molar-refractivity contribution >= 4 is 11.9 Å². The van der Waals surface area contributed by atoms with Gasteiger partial charge in [0.05, 0.1) is 25.4 Å². The van der Waals surface area contributed by atoms with Crippen molar-refractivity contribution in [2.75, 3.05) is 13.2 Å². The number of hydrogen-bond acceptors (Lipinski definition) is 5. The van der Waals surface area contributed by atoms with E-state index < -0.39 is 12.1 Å². The molecule has 0 aromatic rings. The molecule has 0 aliphatic rings. The summed E-state index contributed by atoms with van der Waals surface area (Å²) >= 11 is 0. The molecule has 0 heterocycles. The monoisotopic (exact) mass is 890 g/mol. The first-order valence-corrected chi connectivity index (χ1v) is 28.4. The van der Waals surface area contributed by atoms with Crippen LogP contribution in [0.2, 0.25) is 0 Å². The molecule has 3 N–H and O–H groups in total. The van der Waals surface area contributed by atoms with E-state index in [9.17, 15) is 19.8 Å². The van der Waals surface area contributed by atoms with E-state index in [4.69, 9.17) is 4.74 Å². The second-order valence-electron chi connectivity index (χ2n) is 19.6. The molecule has 0 saturated heterocycles. The van der Waals surface area contributed by atoms with E-state index in [0.717, 1.165) is 57.8 Å². The Morgan fingerprint density at radius 2 is 0.746 bits per heavy atom. The number of hydrogen-bond donors (Lipinski definition) is 3. The van der Waals surface area contributed by atoms with Crippen LogP contribution in [-0.4, -0.2) is 47.4 Å². The maximum atomic E-state index is 12.5. The number of aliphatic hydroxyl groups is 2. The molecule has 0 radical (unpaired) electrons. The van der Waals surface area contributed by atoms with Crippen molar-refractivity contribution in [3.8, 4) is 0 Å². The number of carbonyl (C=O) groups excluding carboxylic acids is 2. The van der Waals surface area contributed by atoms with Gasteiger partial charge in [0.1, 0.15) is 0 Å². The summed E-state index contributed by atoms with van der Waals surface area (Å²) in [6, 6.07) is -0.556. The predicted octanol–water partition coefficient (Wildman–Crippen LogP) is 17.3. The maximum Gasteiger partial charge on any atom is 0.305 e. The van der Waals surface area contributed by atoms with Crippen LogP contribution in [0.1, 0.15) is 316 Å². The van der Waals surface area contributed by atoms with Crippen LogP contribution in [0.5, 0.6) is 0 Å². The quantitative estimate of drug-likeness (QED) is 0.0321. The first-order valence-electron chi connectivity index (χ1n) is 28.4. The lowest BCUT2D eigenvalue weighted by Gasteiger charge is -2.22. The molecule has 0 rings (SSSR count). The molecule has 0 aromatic carbocycles. The Hall–Kier alpha value is -1.40. The number of nitrogens with one attached hydrogen (secondary N) is 1. The predicted molar refractivity (Wildman–Crippen MR) is 273 cm³/mol. The van der Waals surface area contributed by atoms with Crippen LogP contribution in [-0.2, 0) is 14.3 Å². The number of unbranched alkanes of at least 4 members (excludes halogenated alkanes) is 40. The van der Waals surface area contributed by atoms with E-state index >= 15 is 0 Å². The van der Waals surface area contributed by atoms with Gasteiger partial charge in [-0.15, -0.1) is 0 Å². The first kappa shape index (κ1) is 61.6. The molecule has 0 aliphatic heterocycles. The summed E-state index contributed by atoms with van der Waals surface area (Å²) in [4.78, 5) is 24.5. The SMILES string of the molecule is CCCCC/C=C\CCCCCCCC(=O)OCCCCCCCCCCCCCC(=O)NC(CO)C(O)CCCCCCCCCCCCCCCCCCCCCCCCC. The Balaban J connectivity index is 3.46. The van der Waals surface area contributed by atoms with Crippen LogP contribution in [0.4, 0.5) is 0 Å². The second kappa shape index (κ2) is 53.2. The van der Waals surface area contributed by atoms with E-state index in [1.54, 1.807) is 0 Å². The minimum atomic E-state index is -0.677. The zero-order valence-electron chi connectivity index (χ0n) is 42.6. The summed E-state index contributed by atoms with van der Waals surface area (Å²) in [5, 5.41) is 23.3. The Labute approximate surface area is 393 Å². The lowest BCUT2D eigenvalue weighted by Crippen LogP contribution is -2.45. The fourth-order valence-electron chi connectivity index (χ4n) is 8.93. The van der Waals surface area contributed by atoms with Crippen molar-refractivity contribution in [3.05, 3.63) is 12.2 Å². The van der Waals surface area contributed by atoms with Crippen LogP contribution < -0.4 is 5.32 Å². The van der Waals surface area contributed by atoms with E-state index in [-0.39, 0.29) is 18.5 Å². The van der Waals surface area contributed by atoms with E-state index in [0.29, 0.717) is 25.9 Å². The fraction of sp³-hybridized carbons (Fsp3) is 0.930. The molecule has 63 heavy (non-hydrogen) atoms. The van der Waals surface area contributed by atoms with Crippen LogP contribution in [0.3, 0.4) is 0 Å². The van der Waals surface area contributed by atoms with Gasteiger partial charge in [-0.05, 0) is 51.4 Å². The molecule has 2 atom stereocenters. The maximum absolute atomic E-state index is 12.5. The molecule has 0 saturated carbocycles. The highest BCUT2D eigenvalue weighted by atomic mass is 16.5. The van der Waals surface area contributed by atoms with Crippen LogP contribution in [0.25, 0.3) is 0 Å². The van der Waals surface area contributed by atoms with Crippen molar-refractivity contribution in [3.63, 3.8) is 0 Å². The Bertz CT molecular complexity index is 939. The Morgan fingerprint density at radius 1 is 0.429 bits per heavy atom. The minimum Gasteiger partial charge on any atom is -0.466 e. The fourth-order valence-corrected chi connectivity index (χ4v) is 8.93. The van der Waals surface area contributed by atoms with Crippen molar-refractivity contribution in [2.24, 2.45) is 0 Å². The number of rotatable bonds is 53. The van der Waals surface area contributed by atoms with Gasteiger partial charge in [0, 0.05) is 12.8 Å². The number of carbonyl (C=O) groups is 2. The van der Waals surface area contributed by atoms with Gasteiger partial charge in [-0.25, -0.2) is 0 Å². The van der Waals surface area contributed by atoms with Gasteiger partial charge in [0.25, 0.3) is 0 Å². The molecule has 1 amide bonds. The van der Waals surface area contributed by atoms with Gasteiger partial charge in [0.2, 0.25) is 5.91 Å². The van der Waals surface area contributed by atoms with Gasteiger partial charge in [-0.1, -0.05) is 264 Å². The molecule has 0 fully saturated rings. The topological polar surface area (TPSA) is 95.9 Å². The normalized spacial score (nSPS) is 12.6. The summed E-state index contributed by atoms with van der Waals surface area (Å²) in [6.45, 7) is 4.90. The van der Waals surface area contributed by atoms with Crippen LogP contribution >= 0.6 is 0 Å². The van der Waals surface area contributed by atoms with E-state index in [1.807, 2.05) is 0 Å². The molecule has 6 heteroatoms. The van der Waals surface area contributed by atoms with E-state index in [1.165, 1.54) is 225 Å². The number of aliphatic hydroxyl groups excluding tert-OH is 2. The lowest BCUT2D eigenvalue weighted by molar-refractivity contribution is -0.143. The standard InChI is InChI=1S/C57H111NO5/c1-3-5-7-9-11-13-15-17-18-19-20-21-22-23-24-25-26-27-29-33-37-41-45-49-55(60)54(53-59)58-56(61)50-46-42-38-34-30-28-32-36-40-44-48-52-63-57(62)51-47-43-39-35-31-16-14-12-10-8-6-4-2/h12,14,54-55,59-60H,3-11,13,15-53H2,1-2H3,(H,58,61)/b14-12-.